The Balaban J connectivity index is 1.94. The number of methoxy groups -OCH3 is 1. The van der Waals surface area contributed by atoms with Crippen LogP contribution in [0.5, 0.6) is 5.75 Å². The summed E-state index contributed by atoms with van der Waals surface area (Å²) >= 11 is 5.27. The highest BCUT2D eigenvalue weighted by Gasteiger charge is 2.14. The van der Waals surface area contributed by atoms with Crippen LogP contribution >= 0.6 is 12.2 Å². The zero-order chi connectivity index (χ0) is 23.2. The molecule has 0 aliphatic heterocycles. The number of hydrogen-bond donors (Lipinski definition) is 3. The second-order valence-electron chi connectivity index (χ2n) is 6.63. The van der Waals surface area contributed by atoms with Crippen molar-refractivity contribution in [1.29, 1.82) is 0 Å². The van der Waals surface area contributed by atoms with Gasteiger partial charge < -0.3 is 24.8 Å². The first-order chi connectivity index (χ1) is 15.5. The summed E-state index contributed by atoms with van der Waals surface area (Å²) in [4.78, 5) is 25.1. The number of carbonyl (C=O) groups is 2. The molecule has 0 bridgehead atoms. The number of anilines is 1. The second-order valence-corrected chi connectivity index (χ2v) is 7.04. The van der Waals surface area contributed by atoms with E-state index in [1.54, 1.807) is 55.6 Å². The average molecular weight is 460 g/mol. The molecule has 0 unspecified atom stereocenters. The maximum absolute atomic E-state index is 12.6. The van der Waals surface area contributed by atoms with E-state index in [0.717, 1.165) is 0 Å². The molecule has 8 nitrogen and oxygen atoms in total. The van der Waals surface area contributed by atoms with E-state index in [2.05, 4.69) is 16.0 Å². The van der Waals surface area contributed by atoms with Gasteiger partial charge in [0.05, 0.1) is 17.9 Å². The predicted octanol–water partition coefficient (Wildman–Crippen LogP) is 3.00. The zero-order valence-corrected chi connectivity index (χ0v) is 19.1. The van der Waals surface area contributed by atoms with Gasteiger partial charge in [-0.15, -0.1) is 0 Å². The molecule has 3 N–H and O–H groups in total. The summed E-state index contributed by atoms with van der Waals surface area (Å²) in [5, 5.41) is 8.46. The molecule has 32 heavy (non-hydrogen) atoms. The van der Waals surface area contributed by atoms with Crippen molar-refractivity contribution < 1.29 is 23.8 Å². The van der Waals surface area contributed by atoms with E-state index >= 15 is 0 Å². The van der Waals surface area contributed by atoms with Crippen LogP contribution in [-0.4, -0.2) is 57.0 Å². The molecule has 0 fully saturated rings. The third-order valence-corrected chi connectivity index (χ3v) is 4.46. The standard InChI is InChI=1S/C23H29N3O5S/c1-3-30-14-15-31-18-9-6-8-17(16-18)21(27)26-23(32)25-20-11-5-4-10-19(20)22(28)24-12-7-13-29-2/h4-6,8-11,16H,3,7,12-15H2,1-2H3,(H,24,28)(H2,25,26,27,32). The Morgan fingerprint density at radius 3 is 2.59 bits per heavy atom. The van der Waals surface area contributed by atoms with Gasteiger partial charge in [-0.1, -0.05) is 18.2 Å². The van der Waals surface area contributed by atoms with Crippen LogP contribution in [0.2, 0.25) is 0 Å². The van der Waals surface area contributed by atoms with E-state index in [1.807, 2.05) is 6.92 Å². The molecule has 0 spiro atoms. The van der Waals surface area contributed by atoms with Gasteiger partial charge in [-0.05, 0) is 55.9 Å². The number of nitrogens with one attached hydrogen (secondary N) is 3. The van der Waals surface area contributed by atoms with Crippen LogP contribution in [0, 0.1) is 0 Å². The Kier molecular flexibility index (Phi) is 11.1. The molecule has 2 amide bonds. The minimum Gasteiger partial charge on any atom is -0.491 e. The number of para-hydroxylation sites is 1. The van der Waals surface area contributed by atoms with Gasteiger partial charge in [0, 0.05) is 32.4 Å². The molecule has 0 radical (unpaired) electrons. The lowest BCUT2D eigenvalue weighted by molar-refractivity contribution is 0.0947. The van der Waals surface area contributed by atoms with Crippen molar-refractivity contribution in [2.45, 2.75) is 13.3 Å². The average Bonchev–Trinajstić information content (AvgIpc) is 2.80. The topological polar surface area (TPSA) is 97.9 Å². The van der Waals surface area contributed by atoms with Crippen molar-refractivity contribution in [2.24, 2.45) is 0 Å². The van der Waals surface area contributed by atoms with Crippen LogP contribution in [0.3, 0.4) is 0 Å². The lowest BCUT2D eigenvalue weighted by Crippen LogP contribution is -2.35. The van der Waals surface area contributed by atoms with Gasteiger partial charge in [0.15, 0.2) is 5.11 Å². The molecule has 0 saturated carbocycles. The van der Waals surface area contributed by atoms with E-state index in [-0.39, 0.29) is 16.9 Å². The molecule has 0 aromatic heterocycles. The van der Waals surface area contributed by atoms with Gasteiger partial charge in [-0.3, -0.25) is 14.9 Å². The third kappa shape index (κ3) is 8.62. The van der Waals surface area contributed by atoms with Gasteiger partial charge in [-0.25, -0.2) is 0 Å². The SMILES string of the molecule is CCOCCOc1cccc(C(=O)NC(=S)Nc2ccccc2C(=O)NCCCOC)c1. The van der Waals surface area contributed by atoms with Crippen LogP contribution in [0.1, 0.15) is 34.1 Å². The first-order valence-electron chi connectivity index (χ1n) is 10.3. The minimum atomic E-state index is -0.390. The van der Waals surface area contributed by atoms with Gasteiger partial charge in [-0.2, -0.15) is 0 Å². The molecule has 2 rings (SSSR count). The Hall–Kier alpha value is -3.01. The monoisotopic (exact) mass is 459 g/mol. The fraction of sp³-hybridized carbons (Fsp3) is 0.348. The minimum absolute atomic E-state index is 0.0808. The molecule has 0 saturated heterocycles. The number of benzene rings is 2. The van der Waals surface area contributed by atoms with Crippen LogP contribution < -0.4 is 20.7 Å². The summed E-state index contributed by atoms with van der Waals surface area (Å²) < 4.78 is 15.8. The number of ether oxygens (including phenoxy) is 3. The van der Waals surface area contributed by atoms with E-state index in [4.69, 9.17) is 26.4 Å². The summed E-state index contributed by atoms with van der Waals surface area (Å²) in [6, 6.07) is 13.7. The van der Waals surface area contributed by atoms with Crippen LogP contribution in [0.25, 0.3) is 0 Å². The summed E-state index contributed by atoms with van der Waals surface area (Å²) in [6.07, 6.45) is 0.709. The molecule has 2 aromatic carbocycles. The number of rotatable bonds is 12. The van der Waals surface area contributed by atoms with E-state index in [0.29, 0.717) is 62.0 Å². The summed E-state index contributed by atoms with van der Waals surface area (Å²) in [5.41, 5.74) is 1.31. The Morgan fingerprint density at radius 1 is 1.00 bits per heavy atom. The maximum atomic E-state index is 12.6. The summed E-state index contributed by atoms with van der Waals surface area (Å²) in [7, 11) is 1.61. The molecular formula is C23H29N3O5S. The summed E-state index contributed by atoms with van der Waals surface area (Å²) in [6.45, 7) is 4.45. The lowest BCUT2D eigenvalue weighted by Gasteiger charge is -2.14. The van der Waals surface area contributed by atoms with Crippen molar-refractivity contribution in [3.63, 3.8) is 0 Å². The summed E-state index contributed by atoms with van der Waals surface area (Å²) in [5.74, 6) is -0.0683. The molecule has 0 aliphatic rings. The first kappa shape index (κ1) is 25.3. The van der Waals surface area contributed by atoms with Crippen molar-refractivity contribution in [2.75, 3.05) is 45.4 Å². The fourth-order valence-electron chi connectivity index (χ4n) is 2.72. The highest BCUT2D eigenvalue weighted by atomic mass is 32.1. The highest BCUT2D eigenvalue weighted by Crippen LogP contribution is 2.16. The predicted molar refractivity (Wildman–Crippen MR) is 127 cm³/mol. The van der Waals surface area contributed by atoms with Gasteiger partial charge in [0.2, 0.25) is 0 Å². The largest absolute Gasteiger partial charge is 0.491 e. The second kappa shape index (κ2) is 14.1. The van der Waals surface area contributed by atoms with Crippen molar-refractivity contribution in [3.05, 3.63) is 59.7 Å². The first-order valence-corrected chi connectivity index (χ1v) is 10.7. The van der Waals surface area contributed by atoms with Gasteiger partial charge in [0.25, 0.3) is 11.8 Å². The molecule has 0 atom stereocenters. The van der Waals surface area contributed by atoms with Crippen molar-refractivity contribution >= 4 is 34.8 Å². The van der Waals surface area contributed by atoms with Crippen LogP contribution in [-0.2, 0) is 9.47 Å². The fourth-order valence-corrected chi connectivity index (χ4v) is 2.93. The lowest BCUT2D eigenvalue weighted by atomic mass is 10.1. The normalized spacial score (nSPS) is 10.3. The van der Waals surface area contributed by atoms with Crippen LogP contribution in [0.4, 0.5) is 5.69 Å². The molecule has 2 aromatic rings. The Morgan fingerprint density at radius 2 is 1.81 bits per heavy atom. The molecule has 172 valence electrons. The Bertz CT molecular complexity index is 907. The smallest absolute Gasteiger partial charge is 0.257 e. The highest BCUT2D eigenvalue weighted by molar-refractivity contribution is 7.80. The zero-order valence-electron chi connectivity index (χ0n) is 18.3. The van der Waals surface area contributed by atoms with Gasteiger partial charge in [0.1, 0.15) is 12.4 Å². The molecule has 0 aliphatic carbocycles. The van der Waals surface area contributed by atoms with E-state index in [1.165, 1.54) is 0 Å². The molecular weight excluding hydrogens is 430 g/mol. The maximum Gasteiger partial charge on any atom is 0.257 e. The number of thiocarbonyl (C=S) groups is 1. The molecule has 0 heterocycles. The van der Waals surface area contributed by atoms with Crippen molar-refractivity contribution in [3.8, 4) is 5.75 Å². The number of hydrogen-bond acceptors (Lipinski definition) is 6. The molecule has 9 heteroatoms. The van der Waals surface area contributed by atoms with Crippen LogP contribution in [0.15, 0.2) is 48.5 Å². The quantitative estimate of drug-likeness (QED) is 0.332. The third-order valence-electron chi connectivity index (χ3n) is 4.25. The van der Waals surface area contributed by atoms with E-state index in [9.17, 15) is 9.59 Å². The number of amides is 2. The number of carbonyl (C=O) groups excluding carboxylic acids is 2. The Labute approximate surface area is 193 Å². The van der Waals surface area contributed by atoms with Crippen molar-refractivity contribution in [1.82, 2.24) is 10.6 Å². The van der Waals surface area contributed by atoms with Gasteiger partial charge >= 0.3 is 0 Å². The van der Waals surface area contributed by atoms with E-state index < -0.39 is 0 Å².